The molecule has 13 rings (SSSR count). The molecule has 4 heterocycles. The van der Waals surface area contributed by atoms with Gasteiger partial charge in [-0.3, -0.25) is 0 Å². The second-order valence-electron chi connectivity index (χ2n) is 19.8. The lowest BCUT2D eigenvalue weighted by Crippen LogP contribution is -2.59. The summed E-state index contributed by atoms with van der Waals surface area (Å²) in [5, 5.41) is 10.5. The Hall–Kier alpha value is -6.66. The van der Waals surface area contributed by atoms with Crippen LogP contribution in [0.15, 0.2) is 164 Å². The van der Waals surface area contributed by atoms with Crippen LogP contribution in [0.4, 0.5) is 34.1 Å². The van der Waals surface area contributed by atoms with Crippen molar-refractivity contribution in [1.29, 1.82) is 0 Å². The van der Waals surface area contributed by atoms with E-state index in [2.05, 4.69) is 222 Å². The molecule has 2 aliphatic rings. The highest BCUT2D eigenvalue weighted by atomic mass is 32.1. The van der Waals surface area contributed by atoms with Crippen molar-refractivity contribution >= 4 is 131 Å². The van der Waals surface area contributed by atoms with Crippen LogP contribution in [-0.4, -0.2) is 6.71 Å². The van der Waals surface area contributed by atoms with E-state index in [4.69, 9.17) is 0 Å². The van der Waals surface area contributed by atoms with Crippen LogP contribution >= 0.6 is 22.7 Å². The Kier molecular flexibility index (Phi) is 9.20. The number of nitrogens with zero attached hydrogens (tertiary/aromatic N) is 2. The summed E-state index contributed by atoms with van der Waals surface area (Å²) in [6.45, 7) is 16.2. The molecular formula is C62H51BN2S2. The highest BCUT2D eigenvalue weighted by molar-refractivity contribution is 7.40. The Bertz CT molecular complexity index is 3790. The van der Waals surface area contributed by atoms with Gasteiger partial charge in [-0.15, -0.1) is 22.7 Å². The molecule has 0 atom stereocenters. The van der Waals surface area contributed by atoms with Crippen LogP contribution in [-0.2, 0) is 0 Å². The van der Waals surface area contributed by atoms with E-state index in [9.17, 15) is 0 Å². The Morgan fingerprint density at radius 2 is 0.866 bits per heavy atom. The van der Waals surface area contributed by atoms with Crippen molar-refractivity contribution in [3.63, 3.8) is 0 Å². The second-order valence-corrected chi connectivity index (χ2v) is 22.0. The van der Waals surface area contributed by atoms with Gasteiger partial charge in [-0.1, -0.05) is 145 Å². The van der Waals surface area contributed by atoms with E-state index in [1.165, 1.54) is 135 Å². The maximum absolute atomic E-state index is 2.64. The molecule has 0 saturated carbocycles. The lowest BCUT2D eigenvalue weighted by molar-refractivity contribution is 0.866. The van der Waals surface area contributed by atoms with E-state index < -0.39 is 0 Å². The molecule has 2 nitrogen and oxygen atoms in total. The van der Waals surface area contributed by atoms with Gasteiger partial charge in [0.05, 0.1) is 11.4 Å². The number of rotatable bonds is 6. The minimum atomic E-state index is 0.0843. The molecule has 2 aromatic heterocycles. The van der Waals surface area contributed by atoms with E-state index in [-0.39, 0.29) is 6.71 Å². The summed E-state index contributed by atoms with van der Waals surface area (Å²) in [6, 6.07) is 63.0. The zero-order valence-electron chi connectivity index (χ0n) is 39.1. The van der Waals surface area contributed by atoms with Crippen molar-refractivity contribution in [3.05, 3.63) is 186 Å². The first-order valence-electron chi connectivity index (χ1n) is 24.0. The zero-order chi connectivity index (χ0) is 45.4. The van der Waals surface area contributed by atoms with Crippen LogP contribution in [0.5, 0.6) is 0 Å². The summed E-state index contributed by atoms with van der Waals surface area (Å²) in [5.74, 6) is 1.30. The summed E-state index contributed by atoms with van der Waals surface area (Å²) in [4.78, 5) is 5.25. The molecule has 11 aromatic rings. The van der Waals surface area contributed by atoms with Crippen LogP contribution < -0.4 is 24.8 Å². The second kappa shape index (κ2) is 15.2. The first kappa shape index (κ1) is 40.6. The average Bonchev–Trinajstić information content (AvgIpc) is 3.92. The molecule has 2 aliphatic heterocycles. The van der Waals surface area contributed by atoms with Gasteiger partial charge in [0.2, 0.25) is 0 Å². The van der Waals surface area contributed by atoms with Gasteiger partial charge in [-0.05, 0) is 157 Å². The molecule has 0 saturated heterocycles. The van der Waals surface area contributed by atoms with Gasteiger partial charge in [0, 0.05) is 52.5 Å². The van der Waals surface area contributed by atoms with Gasteiger partial charge < -0.3 is 9.80 Å². The maximum Gasteiger partial charge on any atom is 0.277 e. The summed E-state index contributed by atoms with van der Waals surface area (Å²) in [5.41, 5.74) is 16.8. The minimum absolute atomic E-state index is 0.0843. The number of fused-ring (bicyclic) bond motifs is 14. The Labute approximate surface area is 401 Å². The quantitative estimate of drug-likeness (QED) is 0.121. The number of benzene rings is 9. The monoisotopic (exact) mass is 898 g/mol. The predicted octanol–water partition coefficient (Wildman–Crippen LogP) is 17.0. The fourth-order valence-electron chi connectivity index (χ4n) is 11.4. The topological polar surface area (TPSA) is 6.48 Å². The Morgan fingerprint density at radius 3 is 1.42 bits per heavy atom. The molecule has 0 spiro atoms. The molecule has 0 bridgehead atoms. The third-order valence-electron chi connectivity index (χ3n) is 14.9. The smallest absolute Gasteiger partial charge is 0.277 e. The van der Waals surface area contributed by atoms with Crippen LogP contribution in [0.1, 0.15) is 81.5 Å². The SMILES string of the molecule is Cc1ccc(N2c3cccc4c3B(c3sc5ccc(C(C)C)cc5c3N4c3ccc(C(C)C)cc3)c3sc4ccc(C(C)C)cc4c32)cc1-c1cccc2c3ccccc3c3ccccc3c12. The fourth-order valence-corrected chi connectivity index (χ4v) is 14.1. The fraction of sp³-hybridized carbons (Fsp3) is 0.161. The van der Waals surface area contributed by atoms with Crippen molar-refractivity contribution in [1.82, 2.24) is 0 Å². The first-order chi connectivity index (χ1) is 32.6. The summed E-state index contributed by atoms with van der Waals surface area (Å²) in [6.07, 6.45) is 0. The van der Waals surface area contributed by atoms with E-state index >= 15 is 0 Å². The number of aryl methyl sites for hydroxylation is 1. The molecule has 0 aliphatic carbocycles. The Morgan fingerprint density at radius 1 is 0.403 bits per heavy atom. The predicted molar refractivity (Wildman–Crippen MR) is 296 cm³/mol. The third-order valence-corrected chi connectivity index (χ3v) is 17.4. The Balaban J connectivity index is 1.11. The maximum atomic E-state index is 2.64. The van der Waals surface area contributed by atoms with Crippen LogP contribution in [0.2, 0.25) is 0 Å². The van der Waals surface area contributed by atoms with Crippen molar-refractivity contribution in [2.45, 2.75) is 66.2 Å². The van der Waals surface area contributed by atoms with Gasteiger partial charge in [-0.25, -0.2) is 0 Å². The number of anilines is 6. The lowest BCUT2D eigenvalue weighted by atomic mass is 9.39. The molecule has 9 aromatic carbocycles. The van der Waals surface area contributed by atoms with E-state index in [0.717, 1.165) is 0 Å². The van der Waals surface area contributed by atoms with Crippen LogP contribution in [0.25, 0.3) is 63.6 Å². The van der Waals surface area contributed by atoms with Gasteiger partial charge in [0.1, 0.15) is 0 Å². The number of hydrogen-bond acceptors (Lipinski definition) is 4. The summed E-state index contributed by atoms with van der Waals surface area (Å²) >= 11 is 3.99. The standard InChI is InChI=1S/C62H51BN2S2/c1-35(2)39-23-28-42(29-24-39)64-53-20-13-21-54-58(53)63(61-59(64)51-32-40(36(3)4)25-30-55(51)66-61)62-60(52-33-41(37(5)6)26-31-56(52)67-62)65(54)43-27-22-38(7)50(34-43)49-19-12-18-48-46-15-9-8-14-44(46)45-16-10-11-17-47(45)57(48)49/h8-37H,1-7H3. The van der Waals surface area contributed by atoms with Gasteiger partial charge in [-0.2, -0.15) is 0 Å². The first-order valence-corrected chi connectivity index (χ1v) is 25.7. The van der Waals surface area contributed by atoms with Gasteiger partial charge in [0.15, 0.2) is 0 Å². The van der Waals surface area contributed by atoms with Crippen LogP contribution in [0.3, 0.4) is 0 Å². The molecule has 5 heteroatoms. The highest BCUT2D eigenvalue weighted by Crippen LogP contribution is 2.52. The largest absolute Gasteiger partial charge is 0.310 e. The third kappa shape index (κ3) is 6.00. The molecule has 324 valence electrons. The molecule has 0 N–H and O–H groups in total. The normalized spacial score (nSPS) is 13.3. The van der Waals surface area contributed by atoms with Crippen molar-refractivity contribution in [3.8, 4) is 11.1 Å². The summed E-state index contributed by atoms with van der Waals surface area (Å²) < 4.78 is 5.54. The van der Waals surface area contributed by atoms with E-state index in [1.54, 1.807) is 0 Å². The number of hydrogen-bond donors (Lipinski definition) is 0. The molecule has 67 heavy (non-hydrogen) atoms. The number of thiophene rings is 2. The van der Waals surface area contributed by atoms with Gasteiger partial charge >= 0.3 is 0 Å². The molecule has 0 unspecified atom stereocenters. The minimum Gasteiger partial charge on any atom is -0.310 e. The zero-order valence-corrected chi connectivity index (χ0v) is 40.7. The highest BCUT2D eigenvalue weighted by Gasteiger charge is 2.47. The van der Waals surface area contributed by atoms with E-state index in [1.807, 2.05) is 22.7 Å². The van der Waals surface area contributed by atoms with Crippen molar-refractivity contribution in [2.24, 2.45) is 0 Å². The van der Waals surface area contributed by atoms with E-state index in [0.29, 0.717) is 17.8 Å². The van der Waals surface area contributed by atoms with Crippen molar-refractivity contribution in [2.75, 3.05) is 9.80 Å². The van der Waals surface area contributed by atoms with Crippen LogP contribution in [0, 0.1) is 6.92 Å². The van der Waals surface area contributed by atoms with Crippen molar-refractivity contribution < 1.29 is 0 Å². The molecule has 0 radical (unpaired) electrons. The molecule has 0 amide bonds. The molecule has 0 fully saturated rings. The lowest BCUT2D eigenvalue weighted by Gasteiger charge is -2.42. The average molecular weight is 899 g/mol. The summed E-state index contributed by atoms with van der Waals surface area (Å²) in [7, 11) is 0. The van der Waals surface area contributed by atoms with Gasteiger partial charge in [0.25, 0.3) is 6.71 Å². The molecular weight excluding hydrogens is 848 g/mol.